The van der Waals surface area contributed by atoms with E-state index in [-0.39, 0.29) is 12.1 Å². The fourth-order valence-corrected chi connectivity index (χ4v) is 1.67. The average Bonchev–Trinajstić information content (AvgIpc) is 2.39. The Kier molecular flexibility index (Phi) is 6.64. The number of carbonyl (C=O) groups excluding carboxylic acids is 1. The molecular weight excluding hydrogens is 224 g/mol. The Morgan fingerprint density at radius 1 is 1.33 bits per heavy atom. The maximum Gasteiger partial charge on any atom is 0.307 e. The molecule has 0 aliphatic carbocycles. The van der Waals surface area contributed by atoms with Gasteiger partial charge >= 0.3 is 5.97 Å². The van der Waals surface area contributed by atoms with Gasteiger partial charge in [0.2, 0.25) is 0 Å². The minimum atomic E-state index is -0.251. The molecule has 0 aromatic heterocycles. The molecule has 0 amide bonds. The van der Waals surface area contributed by atoms with E-state index in [0.29, 0.717) is 6.42 Å². The normalized spacial score (nSPS) is 11.2. The summed E-state index contributed by atoms with van der Waals surface area (Å²) in [6.45, 7) is 3.72. The molecule has 1 aromatic carbocycles. The number of rotatable bonds is 6. The van der Waals surface area contributed by atoms with Gasteiger partial charge < -0.3 is 4.74 Å². The highest BCUT2D eigenvalue weighted by atomic mass is 16.5. The molecule has 2 heteroatoms. The molecule has 1 rings (SSSR count). The molecule has 0 saturated carbocycles. The van der Waals surface area contributed by atoms with E-state index in [0.717, 1.165) is 19.3 Å². The van der Waals surface area contributed by atoms with E-state index in [1.165, 1.54) is 5.56 Å². The van der Waals surface area contributed by atoms with Crippen LogP contribution >= 0.6 is 0 Å². The van der Waals surface area contributed by atoms with Gasteiger partial charge in [-0.15, -0.1) is 5.92 Å². The zero-order chi connectivity index (χ0) is 13.2. The van der Waals surface area contributed by atoms with Crippen molar-refractivity contribution in [1.29, 1.82) is 0 Å². The number of ether oxygens (including phenoxy) is 1. The summed E-state index contributed by atoms with van der Waals surface area (Å²) in [6, 6.07) is 10.2. The Balaban J connectivity index is 2.26. The molecule has 0 radical (unpaired) electrons. The topological polar surface area (TPSA) is 26.3 Å². The predicted octanol–water partition coefficient (Wildman–Crippen LogP) is 3.35. The highest BCUT2D eigenvalue weighted by molar-refractivity contribution is 5.69. The zero-order valence-electron chi connectivity index (χ0n) is 11.1. The number of benzene rings is 1. The van der Waals surface area contributed by atoms with E-state index in [4.69, 9.17) is 4.74 Å². The first-order valence-electron chi connectivity index (χ1n) is 6.42. The largest absolute Gasteiger partial charge is 0.449 e. The first kappa shape index (κ1) is 14.3. The smallest absolute Gasteiger partial charge is 0.307 e. The lowest BCUT2D eigenvalue weighted by atomic mass is 10.1. The van der Waals surface area contributed by atoms with Crippen LogP contribution in [-0.2, 0) is 16.0 Å². The molecule has 0 saturated heterocycles. The molecule has 0 N–H and O–H groups in total. The summed E-state index contributed by atoms with van der Waals surface area (Å²) >= 11 is 0. The summed E-state index contributed by atoms with van der Waals surface area (Å²) in [6.07, 6.45) is 2.67. The Morgan fingerprint density at radius 3 is 2.67 bits per heavy atom. The van der Waals surface area contributed by atoms with Gasteiger partial charge in [-0.2, -0.15) is 0 Å². The van der Waals surface area contributed by atoms with Crippen LogP contribution in [0.1, 0.15) is 38.7 Å². The molecule has 0 heterocycles. The molecule has 1 atom stereocenters. The third kappa shape index (κ3) is 5.54. The summed E-state index contributed by atoms with van der Waals surface area (Å²) in [5, 5.41) is 0. The Labute approximate surface area is 109 Å². The van der Waals surface area contributed by atoms with Crippen LogP contribution in [0.2, 0.25) is 0 Å². The molecule has 18 heavy (non-hydrogen) atoms. The third-order valence-electron chi connectivity index (χ3n) is 2.64. The molecule has 0 bridgehead atoms. The van der Waals surface area contributed by atoms with E-state index in [9.17, 15) is 4.79 Å². The summed E-state index contributed by atoms with van der Waals surface area (Å²) in [7, 11) is 0. The van der Waals surface area contributed by atoms with Crippen LogP contribution in [0.5, 0.6) is 0 Å². The average molecular weight is 244 g/mol. The molecule has 2 nitrogen and oxygen atoms in total. The van der Waals surface area contributed by atoms with Gasteiger partial charge in [-0.3, -0.25) is 4.79 Å². The highest BCUT2D eigenvalue weighted by Crippen LogP contribution is 2.06. The van der Waals surface area contributed by atoms with Crippen LogP contribution in [0.15, 0.2) is 30.3 Å². The van der Waals surface area contributed by atoms with Crippen LogP contribution in [0.4, 0.5) is 0 Å². The van der Waals surface area contributed by atoms with Gasteiger partial charge in [0.15, 0.2) is 6.10 Å². The van der Waals surface area contributed by atoms with Gasteiger partial charge in [0, 0.05) is 6.42 Å². The molecule has 0 spiro atoms. The second kappa shape index (κ2) is 8.36. The number of carbonyl (C=O) groups is 1. The van der Waals surface area contributed by atoms with Crippen molar-refractivity contribution in [3.8, 4) is 11.8 Å². The minimum absolute atomic E-state index is 0.152. The lowest BCUT2D eigenvalue weighted by Crippen LogP contribution is -2.15. The lowest BCUT2D eigenvalue weighted by Gasteiger charge is -2.09. The Morgan fingerprint density at radius 2 is 2.06 bits per heavy atom. The maximum atomic E-state index is 11.6. The van der Waals surface area contributed by atoms with E-state index in [1.54, 1.807) is 6.92 Å². The maximum absolute atomic E-state index is 11.6. The quantitative estimate of drug-likeness (QED) is 0.566. The number of hydrogen-bond acceptors (Lipinski definition) is 2. The van der Waals surface area contributed by atoms with Gasteiger partial charge in [-0.25, -0.2) is 0 Å². The van der Waals surface area contributed by atoms with Gasteiger partial charge in [-0.1, -0.05) is 43.2 Å². The first-order chi connectivity index (χ1) is 8.76. The number of esters is 1. The van der Waals surface area contributed by atoms with Crippen molar-refractivity contribution in [3.05, 3.63) is 35.9 Å². The summed E-state index contributed by atoms with van der Waals surface area (Å²) in [5.74, 6) is 5.50. The molecule has 0 aliphatic rings. The molecule has 96 valence electrons. The minimum Gasteiger partial charge on any atom is -0.449 e. The van der Waals surface area contributed by atoms with Crippen molar-refractivity contribution in [1.82, 2.24) is 0 Å². The molecule has 0 fully saturated rings. The van der Waals surface area contributed by atoms with E-state index in [1.807, 2.05) is 25.1 Å². The highest BCUT2D eigenvalue weighted by Gasteiger charge is 2.09. The first-order valence-corrected chi connectivity index (χ1v) is 6.42. The van der Waals surface area contributed by atoms with Gasteiger partial charge in [0.05, 0.1) is 0 Å². The molecular formula is C16H20O2. The van der Waals surface area contributed by atoms with E-state index < -0.39 is 0 Å². The van der Waals surface area contributed by atoms with Crippen molar-refractivity contribution < 1.29 is 9.53 Å². The molecule has 0 aliphatic heterocycles. The predicted molar refractivity (Wildman–Crippen MR) is 73.0 cm³/mol. The summed E-state index contributed by atoms with van der Waals surface area (Å²) in [5.41, 5.74) is 1.26. The Hall–Kier alpha value is -1.75. The van der Waals surface area contributed by atoms with Crippen molar-refractivity contribution in [2.45, 2.75) is 45.6 Å². The summed E-state index contributed by atoms with van der Waals surface area (Å²) < 4.78 is 5.27. The SMILES string of the molecule is CC#CC(CC)OC(=O)CCCc1ccccc1. The van der Waals surface area contributed by atoms with Crippen molar-refractivity contribution >= 4 is 5.97 Å². The van der Waals surface area contributed by atoms with Gasteiger partial charge in [0.25, 0.3) is 0 Å². The number of aryl methyl sites for hydroxylation is 1. The zero-order valence-corrected chi connectivity index (χ0v) is 11.1. The monoisotopic (exact) mass is 244 g/mol. The second-order valence-electron chi connectivity index (χ2n) is 4.12. The number of hydrogen-bond donors (Lipinski definition) is 0. The van der Waals surface area contributed by atoms with Crippen molar-refractivity contribution in [2.24, 2.45) is 0 Å². The lowest BCUT2D eigenvalue weighted by molar-refractivity contribution is -0.146. The fraction of sp³-hybridized carbons (Fsp3) is 0.438. The van der Waals surface area contributed by atoms with Crippen LogP contribution in [0, 0.1) is 11.8 Å². The van der Waals surface area contributed by atoms with Crippen LogP contribution in [0.25, 0.3) is 0 Å². The second-order valence-corrected chi connectivity index (χ2v) is 4.12. The van der Waals surface area contributed by atoms with Crippen LogP contribution in [0.3, 0.4) is 0 Å². The fourth-order valence-electron chi connectivity index (χ4n) is 1.67. The van der Waals surface area contributed by atoms with Crippen LogP contribution in [-0.4, -0.2) is 12.1 Å². The van der Waals surface area contributed by atoms with Crippen molar-refractivity contribution in [3.63, 3.8) is 0 Å². The third-order valence-corrected chi connectivity index (χ3v) is 2.64. The van der Waals surface area contributed by atoms with Crippen molar-refractivity contribution in [2.75, 3.05) is 0 Å². The Bertz CT molecular complexity index is 412. The van der Waals surface area contributed by atoms with E-state index in [2.05, 4.69) is 24.0 Å². The summed E-state index contributed by atoms with van der Waals surface area (Å²) in [4.78, 5) is 11.6. The standard InChI is InChI=1S/C16H20O2/c1-3-9-15(4-2)18-16(17)13-8-12-14-10-6-5-7-11-14/h5-7,10-11,15H,4,8,12-13H2,1-2H3. The van der Waals surface area contributed by atoms with Crippen LogP contribution < -0.4 is 0 Å². The molecule has 1 aromatic rings. The van der Waals surface area contributed by atoms with Gasteiger partial charge in [-0.05, 0) is 31.7 Å². The molecule has 1 unspecified atom stereocenters. The van der Waals surface area contributed by atoms with E-state index >= 15 is 0 Å². The van der Waals surface area contributed by atoms with Gasteiger partial charge in [0.1, 0.15) is 0 Å².